The van der Waals surface area contributed by atoms with Gasteiger partial charge in [0.05, 0.1) is 19.8 Å². The third-order valence-electron chi connectivity index (χ3n) is 8.84. The summed E-state index contributed by atoms with van der Waals surface area (Å²) in [7, 11) is 0. The maximum Gasteiger partial charge on any atom is 0.306 e. The van der Waals surface area contributed by atoms with E-state index in [0.717, 1.165) is 57.8 Å². The van der Waals surface area contributed by atoms with Gasteiger partial charge in [-0.3, -0.25) is 4.79 Å². The second-order valence-electron chi connectivity index (χ2n) is 13.4. The number of hydrogen-bond donors (Lipinski definition) is 4. The Morgan fingerprint density at radius 1 is 0.646 bits per heavy atom. The van der Waals surface area contributed by atoms with Gasteiger partial charge in [-0.05, 0) is 57.8 Å². The van der Waals surface area contributed by atoms with Crippen LogP contribution in [-0.2, 0) is 23.7 Å². The standard InChI is InChI=1S/C39H72O9/c1-3-5-7-9-11-13-15-17-18-20-22-24-26-28-35(41)47-33(32-46-39-38(44)37(43)36(42)34(30-40)48-39)31-45-29-27-25-23-21-19-16-14-12-10-8-6-4-2/h10,12-13,15,33-34,36-40,42-44H,3-9,11,14,16-32H2,1-2H3/b12-10-,15-13-. The molecule has 0 aliphatic carbocycles. The minimum atomic E-state index is -1.54. The molecule has 0 aromatic rings. The molecule has 6 atom stereocenters. The Bertz CT molecular complexity index is 787. The van der Waals surface area contributed by atoms with Crippen LogP contribution in [0, 0.1) is 0 Å². The van der Waals surface area contributed by atoms with Crippen LogP contribution in [0.3, 0.4) is 0 Å². The lowest BCUT2D eigenvalue weighted by molar-refractivity contribution is -0.305. The van der Waals surface area contributed by atoms with Crippen LogP contribution < -0.4 is 0 Å². The Labute approximate surface area is 292 Å². The lowest BCUT2D eigenvalue weighted by Gasteiger charge is -2.39. The molecule has 0 aromatic carbocycles. The van der Waals surface area contributed by atoms with E-state index in [1.54, 1.807) is 0 Å². The van der Waals surface area contributed by atoms with E-state index in [-0.39, 0.29) is 19.2 Å². The fourth-order valence-electron chi connectivity index (χ4n) is 5.70. The molecule has 1 fully saturated rings. The third-order valence-corrected chi connectivity index (χ3v) is 8.84. The summed E-state index contributed by atoms with van der Waals surface area (Å²) in [5, 5.41) is 39.9. The van der Waals surface area contributed by atoms with Gasteiger partial charge in [0.2, 0.25) is 0 Å². The number of ether oxygens (including phenoxy) is 4. The number of aliphatic hydroxyl groups is 4. The SMILES string of the molecule is CCCC/C=C\CCCCCCCCOCC(COC1OC(CO)C(O)C(O)C1O)OC(=O)CCCCCCC/C=C\CCCCCC. The zero-order valence-electron chi connectivity index (χ0n) is 30.5. The normalized spacial score (nSPS) is 22.2. The largest absolute Gasteiger partial charge is 0.457 e. The highest BCUT2D eigenvalue weighted by Gasteiger charge is 2.44. The van der Waals surface area contributed by atoms with Crippen molar-refractivity contribution in [1.82, 2.24) is 0 Å². The fraction of sp³-hybridized carbons (Fsp3) is 0.872. The number of rotatable bonds is 32. The monoisotopic (exact) mass is 685 g/mol. The van der Waals surface area contributed by atoms with Gasteiger partial charge in [0, 0.05) is 13.0 Å². The van der Waals surface area contributed by atoms with Crippen molar-refractivity contribution in [2.75, 3.05) is 26.4 Å². The van der Waals surface area contributed by atoms with Gasteiger partial charge in [0.1, 0.15) is 30.5 Å². The topological polar surface area (TPSA) is 135 Å². The molecule has 4 N–H and O–H groups in total. The second kappa shape index (κ2) is 31.6. The van der Waals surface area contributed by atoms with Crippen LogP contribution in [0.15, 0.2) is 24.3 Å². The molecule has 0 aromatic heterocycles. The highest BCUT2D eigenvalue weighted by molar-refractivity contribution is 5.69. The molecule has 9 heteroatoms. The third kappa shape index (κ3) is 23.1. The van der Waals surface area contributed by atoms with E-state index in [9.17, 15) is 25.2 Å². The van der Waals surface area contributed by atoms with Crippen molar-refractivity contribution < 1.29 is 44.2 Å². The first-order valence-electron chi connectivity index (χ1n) is 19.4. The lowest BCUT2D eigenvalue weighted by atomic mass is 9.99. The number of aliphatic hydroxyl groups excluding tert-OH is 4. The van der Waals surface area contributed by atoms with E-state index in [2.05, 4.69) is 38.2 Å². The summed E-state index contributed by atoms with van der Waals surface area (Å²) in [6.07, 6.45) is 26.3. The summed E-state index contributed by atoms with van der Waals surface area (Å²) in [5.41, 5.74) is 0. The minimum Gasteiger partial charge on any atom is -0.457 e. The number of allylic oxidation sites excluding steroid dienone is 4. The summed E-state index contributed by atoms with van der Waals surface area (Å²) in [5.74, 6) is -0.327. The minimum absolute atomic E-state index is 0.118. The Kier molecular flexibility index (Phi) is 29.5. The molecule has 1 heterocycles. The number of esters is 1. The van der Waals surface area contributed by atoms with Crippen LogP contribution >= 0.6 is 0 Å². The molecular formula is C39H72O9. The van der Waals surface area contributed by atoms with E-state index < -0.39 is 43.4 Å². The number of carbonyl (C=O) groups is 1. The molecule has 282 valence electrons. The van der Waals surface area contributed by atoms with E-state index in [0.29, 0.717) is 13.0 Å². The van der Waals surface area contributed by atoms with Gasteiger partial charge in [-0.1, -0.05) is 115 Å². The Morgan fingerprint density at radius 2 is 1.17 bits per heavy atom. The molecule has 1 rings (SSSR count). The van der Waals surface area contributed by atoms with Crippen molar-refractivity contribution >= 4 is 5.97 Å². The Balaban J connectivity index is 2.34. The van der Waals surface area contributed by atoms with Crippen molar-refractivity contribution in [3.63, 3.8) is 0 Å². The zero-order chi connectivity index (χ0) is 35.1. The maximum atomic E-state index is 12.7. The highest BCUT2D eigenvalue weighted by atomic mass is 16.7. The van der Waals surface area contributed by atoms with Gasteiger partial charge in [-0.2, -0.15) is 0 Å². The average Bonchev–Trinajstić information content (AvgIpc) is 3.08. The van der Waals surface area contributed by atoms with Crippen molar-refractivity contribution in [3.05, 3.63) is 24.3 Å². The maximum absolute atomic E-state index is 12.7. The molecular weight excluding hydrogens is 612 g/mol. The number of hydrogen-bond acceptors (Lipinski definition) is 9. The van der Waals surface area contributed by atoms with E-state index in [1.807, 2.05) is 0 Å². The molecule has 0 radical (unpaired) electrons. The van der Waals surface area contributed by atoms with Crippen LogP contribution in [0.25, 0.3) is 0 Å². The van der Waals surface area contributed by atoms with Gasteiger partial charge < -0.3 is 39.4 Å². The van der Waals surface area contributed by atoms with Gasteiger partial charge in [0.15, 0.2) is 6.29 Å². The second-order valence-corrected chi connectivity index (χ2v) is 13.4. The summed E-state index contributed by atoms with van der Waals surface area (Å²) in [4.78, 5) is 12.7. The molecule has 9 nitrogen and oxygen atoms in total. The Morgan fingerprint density at radius 3 is 1.75 bits per heavy atom. The summed E-state index contributed by atoms with van der Waals surface area (Å²) in [6.45, 7) is 4.47. The molecule has 48 heavy (non-hydrogen) atoms. The van der Waals surface area contributed by atoms with Gasteiger partial charge in [0.25, 0.3) is 0 Å². The summed E-state index contributed by atoms with van der Waals surface area (Å²) in [6, 6.07) is 0. The average molecular weight is 685 g/mol. The van der Waals surface area contributed by atoms with Gasteiger partial charge in [-0.15, -0.1) is 0 Å². The quantitative estimate of drug-likeness (QED) is 0.0323. The smallest absolute Gasteiger partial charge is 0.306 e. The molecule has 0 saturated carbocycles. The van der Waals surface area contributed by atoms with E-state index in [1.165, 1.54) is 77.0 Å². The van der Waals surface area contributed by atoms with Crippen molar-refractivity contribution in [2.45, 2.75) is 192 Å². The van der Waals surface area contributed by atoms with E-state index in [4.69, 9.17) is 18.9 Å². The number of carbonyl (C=O) groups excluding carboxylic acids is 1. The molecule has 1 aliphatic rings. The number of unbranched alkanes of at least 4 members (excludes halogenated alkanes) is 17. The Hall–Kier alpha value is -1.33. The lowest BCUT2D eigenvalue weighted by Crippen LogP contribution is -2.59. The fourth-order valence-corrected chi connectivity index (χ4v) is 5.70. The molecule has 6 unspecified atom stereocenters. The molecule has 0 spiro atoms. The first kappa shape index (κ1) is 44.7. The predicted molar refractivity (Wildman–Crippen MR) is 192 cm³/mol. The van der Waals surface area contributed by atoms with Crippen LogP contribution in [0.4, 0.5) is 0 Å². The van der Waals surface area contributed by atoms with Crippen molar-refractivity contribution in [2.24, 2.45) is 0 Å². The molecule has 1 aliphatic heterocycles. The summed E-state index contributed by atoms with van der Waals surface area (Å²) < 4.78 is 22.7. The summed E-state index contributed by atoms with van der Waals surface area (Å²) >= 11 is 0. The highest BCUT2D eigenvalue weighted by Crippen LogP contribution is 2.22. The zero-order valence-corrected chi connectivity index (χ0v) is 30.5. The van der Waals surface area contributed by atoms with Crippen LogP contribution in [0.5, 0.6) is 0 Å². The van der Waals surface area contributed by atoms with Crippen LogP contribution in [-0.4, -0.2) is 89.6 Å². The van der Waals surface area contributed by atoms with Crippen LogP contribution in [0.2, 0.25) is 0 Å². The van der Waals surface area contributed by atoms with Gasteiger partial charge >= 0.3 is 5.97 Å². The van der Waals surface area contributed by atoms with E-state index >= 15 is 0 Å². The van der Waals surface area contributed by atoms with Crippen molar-refractivity contribution in [1.29, 1.82) is 0 Å². The van der Waals surface area contributed by atoms with Gasteiger partial charge in [-0.25, -0.2) is 0 Å². The first-order chi connectivity index (χ1) is 23.4. The molecule has 0 amide bonds. The molecule has 1 saturated heterocycles. The van der Waals surface area contributed by atoms with Crippen molar-refractivity contribution in [3.8, 4) is 0 Å². The first-order valence-corrected chi connectivity index (χ1v) is 19.4. The predicted octanol–water partition coefficient (Wildman–Crippen LogP) is 7.47. The molecule has 0 bridgehead atoms. The van der Waals surface area contributed by atoms with Crippen LogP contribution in [0.1, 0.15) is 155 Å².